The molecule has 0 unspecified atom stereocenters. The summed E-state index contributed by atoms with van der Waals surface area (Å²) < 4.78 is 87.0. The van der Waals surface area contributed by atoms with Crippen molar-refractivity contribution in [1.29, 1.82) is 0 Å². The van der Waals surface area contributed by atoms with Gasteiger partial charge < -0.3 is 14.0 Å². The minimum Gasteiger partial charge on any atom is -0.486 e. The van der Waals surface area contributed by atoms with Crippen molar-refractivity contribution in [3.8, 4) is 39.5 Å². The molecule has 4 aromatic heterocycles. The second kappa shape index (κ2) is 18.6. The van der Waals surface area contributed by atoms with Crippen LogP contribution in [-0.2, 0) is 26.5 Å². The molecule has 8 aromatic carbocycles. The molecule has 5 nitrogen and oxygen atoms in total. The molecule has 4 heterocycles. The summed E-state index contributed by atoms with van der Waals surface area (Å²) in [7, 11) is -1.98. The van der Waals surface area contributed by atoms with Gasteiger partial charge in [-0.25, -0.2) is 4.98 Å². The molecule has 1 radical (unpaired) electrons. The van der Waals surface area contributed by atoms with Crippen LogP contribution in [0.5, 0.6) is 0 Å². The molecule has 69 heavy (non-hydrogen) atoms. The molecule has 8 heteroatoms. The first-order valence-corrected chi connectivity index (χ1v) is 25.8. The zero-order chi connectivity index (χ0) is 53.3. The van der Waals surface area contributed by atoms with Gasteiger partial charge >= 0.3 is 0 Å². The quantitative estimate of drug-likeness (QED) is 0.118. The fraction of sp³-hybridized carbons (Fsp3) is 0.0984. The molecular formula is C61H47FIrN4OSi-2. The van der Waals surface area contributed by atoms with Gasteiger partial charge in [-0.15, -0.1) is 36.4 Å². The van der Waals surface area contributed by atoms with Gasteiger partial charge in [0.1, 0.15) is 0 Å². The van der Waals surface area contributed by atoms with E-state index in [0.29, 0.717) is 33.4 Å². The van der Waals surface area contributed by atoms with E-state index < -0.39 is 39.5 Å². The first kappa shape index (κ1) is 36.7. The molecule has 0 spiro atoms. The maximum absolute atomic E-state index is 14.7. The largest absolute Gasteiger partial charge is 0.486 e. The number of rotatable bonds is 7. The normalized spacial score (nSPS) is 13.9. The number of nitrogens with zero attached hydrogens (tertiary/aromatic N) is 4. The van der Waals surface area contributed by atoms with E-state index in [0.717, 1.165) is 66.2 Å². The summed E-state index contributed by atoms with van der Waals surface area (Å²) in [6, 6.07) is 62.6. The summed E-state index contributed by atoms with van der Waals surface area (Å²) in [6.45, 7) is 1.02. The van der Waals surface area contributed by atoms with Gasteiger partial charge in [0.2, 0.25) is 5.71 Å². The van der Waals surface area contributed by atoms with Crippen LogP contribution in [0.15, 0.2) is 187 Å². The third kappa shape index (κ3) is 8.50. The van der Waals surface area contributed by atoms with Crippen molar-refractivity contribution in [1.82, 2.24) is 19.5 Å². The van der Waals surface area contributed by atoms with Crippen LogP contribution in [0.3, 0.4) is 0 Å². The molecule has 0 saturated carbocycles. The topological polar surface area (TPSA) is 56.7 Å². The Morgan fingerprint density at radius 1 is 0.667 bits per heavy atom. The molecule has 0 saturated heterocycles. The molecule has 12 rings (SSSR count). The van der Waals surface area contributed by atoms with Gasteiger partial charge in [0.05, 0.1) is 36.2 Å². The summed E-state index contributed by atoms with van der Waals surface area (Å²) in [5, 5.41) is 6.72. The Labute approximate surface area is 427 Å². The van der Waals surface area contributed by atoms with Gasteiger partial charge in [0.25, 0.3) is 0 Å². The van der Waals surface area contributed by atoms with Crippen molar-refractivity contribution < 1.29 is 39.9 Å². The Bertz CT molecular complexity index is 4200. The first-order valence-electron chi connectivity index (χ1n) is 26.3. The molecule has 339 valence electrons. The number of fused-ring (bicyclic) bond motifs is 7. The van der Waals surface area contributed by atoms with Gasteiger partial charge in [-0.1, -0.05) is 188 Å². The predicted octanol–water partition coefficient (Wildman–Crippen LogP) is 15.2. The first-order chi connectivity index (χ1) is 36.3. The number of furan rings is 1. The van der Waals surface area contributed by atoms with Crippen LogP contribution in [0.4, 0.5) is 4.39 Å². The van der Waals surface area contributed by atoms with E-state index in [1.54, 1.807) is 18.2 Å². The molecule has 0 bridgehead atoms. The van der Waals surface area contributed by atoms with Gasteiger partial charge in [0, 0.05) is 76.9 Å². The number of halogens is 1. The molecule has 0 amide bonds. The Kier molecular flexibility index (Phi) is 9.89. The second-order valence-electron chi connectivity index (χ2n) is 17.7. The molecule has 12 aromatic rings. The standard InChI is InChI=1S/C45H28N3O.C16H19FNSi.Ir/c1-3-12-29(13-4-1)28-33-24-26-38-37-20-11-21-39(43(37)49-45(38)46-33)44-47-41-34-18-9-7-16-31(34)23-27-40(41)48(44)42-35-19-10-8-17-32(35)22-25-36(42)30-14-5-2-6-15-30;1-11-7-6-8-13(16(11)17)14-9-12(2)15(10-18-14)19(3,4)5;/h1-20,22-27H,28H2;6-7,9-10H,1-5H3;/q2*-1;/i28D2;1D3,2D3;. The fourth-order valence-electron chi connectivity index (χ4n) is 8.94. The minimum atomic E-state index is -2.61. The van der Waals surface area contributed by atoms with Crippen LogP contribution in [0, 0.1) is 31.7 Å². The smallest absolute Gasteiger partial charge is 0.216 e. The van der Waals surface area contributed by atoms with Crippen LogP contribution in [0.1, 0.15) is 33.4 Å². The Hall–Kier alpha value is -7.35. The van der Waals surface area contributed by atoms with Gasteiger partial charge in [0.15, 0.2) is 0 Å². The number of aryl methyl sites for hydroxylation is 2. The van der Waals surface area contributed by atoms with E-state index >= 15 is 0 Å². The van der Waals surface area contributed by atoms with Crippen molar-refractivity contribution in [3.63, 3.8) is 0 Å². The summed E-state index contributed by atoms with van der Waals surface area (Å²) in [5.74, 6) is -0.258. The van der Waals surface area contributed by atoms with Gasteiger partial charge in [-0.3, -0.25) is 9.37 Å². The van der Waals surface area contributed by atoms with E-state index in [-0.39, 0.29) is 42.6 Å². The monoisotopic (exact) mass is 1100 g/mol. The van der Waals surface area contributed by atoms with E-state index in [9.17, 15) is 4.39 Å². The molecular weight excluding hydrogens is 1040 g/mol. The summed E-state index contributed by atoms with van der Waals surface area (Å²) in [6.07, 6.45) is -0.334. The molecule has 0 atom stereocenters. The Morgan fingerprint density at radius 2 is 1.35 bits per heavy atom. The number of benzene rings is 8. The van der Waals surface area contributed by atoms with E-state index in [2.05, 4.69) is 119 Å². The van der Waals surface area contributed by atoms with Crippen LogP contribution < -0.4 is 5.19 Å². The van der Waals surface area contributed by atoms with Crippen LogP contribution in [-0.4, -0.2) is 27.6 Å². The fourth-order valence-corrected chi connectivity index (χ4v) is 10.3. The van der Waals surface area contributed by atoms with Crippen LogP contribution in [0.2, 0.25) is 19.6 Å². The molecule has 0 N–H and O–H groups in total. The third-order valence-electron chi connectivity index (χ3n) is 12.2. The predicted molar refractivity (Wildman–Crippen MR) is 281 cm³/mol. The van der Waals surface area contributed by atoms with E-state index in [4.69, 9.17) is 25.4 Å². The summed E-state index contributed by atoms with van der Waals surface area (Å²) in [5.41, 5.74) is 7.15. The number of hydrogen-bond donors (Lipinski definition) is 0. The van der Waals surface area contributed by atoms with Crippen molar-refractivity contribution in [2.75, 3.05) is 0 Å². The van der Waals surface area contributed by atoms with Gasteiger partial charge in [-0.2, -0.15) is 0 Å². The summed E-state index contributed by atoms with van der Waals surface area (Å²) in [4.78, 5) is 14.4. The van der Waals surface area contributed by atoms with Crippen LogP contribution in [0.25, 0.3) is 94.1 Å². The average molecular weight is 1100 g/mol. The van der Waals surface area contributed by atoms with E-state index in [1.165, 1.54) is 18.3 Å². The van der Waals surface area contributed by atoms with Crippen molar-refractivity contribution in [3.05, 3.63) is 222 Å². The summed E-state index contributed by atoms with van der Waals surface area (Å²) >= 11 is 0. The zero-order valence-electron chi connectivity index (χ0n) is 45.7. The Balaban J connectivity index is 0.000000220. The Morgan fingerprint density at radius 3 is 2.12 bits per heavy atom. The maximum Gasteiger partial charge on any atom is 0.216 e. The second-order valence-corrected chi connectivity index (χ2v) is 22.7. The number of imidazole rings is 1. The molecule has 0 aliphatic rings. The molecule has 0 fully saturated rings. The van der Waals surface area contributed by atoms with Crippen LogP contribution >= 0.6 is 0 Å². The minimum absolute atomic E-state index is 0. The maximum atomic E-state index is 14.7. The molecule has 0 aliphatic heterocycles. The average Bonchev–Trinajstić information content (AvgIpc) is 4.13. The van der Waals surface area contributed by atoms with Crippen molar-refractivity contribution in [2.24, 2.45) is 0 Å². The zero-order valence-corrected chi connectivity index (χ0v) is 41.1. The van der Waals surface area contributed by atoms with Crippen molar-refractivity contribution in [2.45, 2.75) is 39.7 Å². The SMILES string of the molecule is [2H]C([2H])([2H])c1cc(-c2[c-]ccc(C([2H])([2H])[2H])c2F)ncc1[Si](C)(C)C.[2H]C([2H])(c1ccccc1)c1ccc2c(n1)oc1c(-c3nc4c5ccccc5ccc4n3-c3c(-c4ccccc4)ccc4ccccc34)[c-]ccc12.[Ir]. The van der Waals surface area contributed by atoms with Gasteiger partial charge in [-0.05, 0) is 57.8 Å². The molecule has 0 aliphatic carbocycles. The van der Waals surface area contributed by atoms with E-state index in [1.807, 2.05) is 62.1 Å². The number of pyridine rings is 2. The third-order valence-corrected chi connectivity index (χ3v) is 14.2. The number of aromatic nitrogens is 4. The number of hydrogen-bond acceptors (Lipinski definition) is 4. The van der Waals surface area contributed by atoms with Crippen molar-refractivity contribution >= 4 is 67.9 Å².